The molecule has 0 aromatic carbocycles. The lowest BCUT2D eigenvalue weighted by molar-refractivity contribution is -0.0849. The van der Waals surface area contributed by atoms with Crippen molar-refractivity contribution in [1.29, 1.82) is 0 Å². The molecule has 0 bridgehead atoms. The molecule has 3 saturated carbocycles. The van der Waals surface area contributed by atoms with E-state index in [4.69, 9.17) is 4.43 Å². The van der Waals surface area contributed by atoms with Gasteiger partial charge in [-0.2, -0.15) is 0 Å². The summed E-state index contributed by atoms with van der Waals surface area (Å²) in [6, 6.07) is 0. The molecule has 0 radical (unpaired) electrons. The van der Waals surface area contributed by atoms with Gasteiger partial charge in [-0.05, 0) is 111 Å². The topological polar surface area (TPSA) is 29.5 Å². The van der Waals surface area contributed by atoms with E-state index in [1.807, 2.05) is 6.92 Å². The molecular weight excluding hydrogens is 408 g/mol. The predicted molar refractivity (Wildman–Crippen MR) is 138 cm³/mol. The van der Waals surface area contributed by atoms with Gasteiger partial charge in [-0.3, -0.25) is 0 Å². The summed E-state index contributed by atoms with van der Waals surface area (Å²) in [6.45, 7) is 22.9. The Morgan fingerprint density at radius 2 is 1.75 bits per heavy atom. The molecule has 2 nitrogen and oxygen atoms in total. The van der Waals surface area contributed by atoms with Crippen molar-refractivity contribution in [2.45, 2.75) is 123 Å². The third kappa shape index (κ3) is 3.73. The summed E-state index contributed by atoms with van der Waals surface area (Å²) in [4.78, 5) is 0. The molecular formula is C29H50O2Si. The molecule has 4 rings (SSSR count). The van der Waals surface area contributed by atoms with Gasteiger partial charge < -0.3 is 9.53 Å². The highest BCUT2D eigenvalue weighted by Crippen LogP contribution is 2.67. The lowest BCUT2D eigenvalue weighted by Crippen LogP contribution is -2.53. The first-order valence-corrected chi connectivity index (χ1v) is 16.3. The SMILES string of the molecule is C=C[C@@](C)(O)[C@H]1CC[C@H]2[C@@H]3CC=C4C[C@@H](O[Si](C)(C)C(C)(C)C)CC[C@]4(C)[C@H]3CC[C@@]21C. The molecule has 0 spiro atoms. The zero-order valence-corrected chi connectivity index (χ0v) is 23.3. The van der Waals surface area contributed by atoms with E-state index in [2.05, 4.69) is 60.4 Å². The molecule has 3 heteroatoms. The molecule has 8 atom stereocenters. The first-order chi connectivity index (χ1) is 14.7. The van der Waals surface area contributed by atoms with Crippen LogP contribution in [0.3, 0.4) is 0 Å². The lowest BCUT2D eigenvalue weighted by atomic mass is 9.47. The average molecular weight is 459 g/mol. The molecule has 0 aromatic rings. The molecule has 0 aromatic heterocycles. The van der Waals surface area contributed by atoms with Crippen LogP contribution in [0.15, 0.2) is 24.3 Å². The minimum Gasteiger partial charge on any atom is -0.414 e. The van der Waals surface area contributed by atoms with E-state index in [0.29, 0.717) is 17.4 Å². The fourth-order valence-electron chi connectivity index (χ4n) is 8.42. The predicted octanol–water partition coefficient (Wildman–Crippen LogP) is 7.89. The maximum absolute atomic E-state index is 11.1. The maximum atomic E-state index is 11.1. The highest BCUT2D eigenvalue weighted by atomic mass is 28.4. The van der Waals surface area contributed by atoms with Crippen LogP contribution >= 0.6 is 0 Å². The Labute approximate surface area is 199 Å². The number of rotatable bonds is 4. The van der Waals surface area contributed by atoms with Gasteiger partial charge in [-0.1, -0.05) is 52.3 Å². The van der Waals surface area contributed by atoms with E-state index >= 15 is 0 Å². The highest BCUT2D eigenvalue weighted by molar-refractivity contribution is 6.74. The van der Waals surface area contributed by atoms with Gasteiger partial charge in [0.05, 0.1) is 5.60 Å². The molecule has 0 amide bonds. The Morgan fingerprint density at radius 1 is 1.06 bits per heavy atom. The minimum atomic E-state index is -1.72. The molecule has 0 unspecified atom stereocenters. The van der Waals surface area contributed by atoms with Crippen molar-refractivity contribution in [3.05, 3.63) is 24.3 Å². The quantitative estimate of drug-likeness (QED) is 0.343. The molecule has 182 valence electrons. The second kappa shape index (κ2) is 7.82. The van der Waals surface area contributed by atoms with Crippen LogP contribution in [0.25, 0.3) is 0 Å². The molecule has 32 heavy (non-hydrogen) atoms. The number of allylic oxidation sites excluding steroid dienone is 1. The van der Waals surface area contributed by atoms with E-state index in [1.165, 1.54) is 38.5 Å². The van der Waals surface area contributed by atoms with Crippen LogP contribution in [-0.4, -0.2) is 25.1 Å². The zero-order chi connectivity index (χ0) is 23.7. The Morgan fingerprint density at radius 3 is 2.38 bits per heavy atom. The number of hydrogen-bond donors (Lipinski definition) is 1. The van der Waals surface area contributed by atoms with Crippen LogP contribution in [0.5, 0.6) is 0 Å². The third-order valence-corrected chi connectivity index (χ3v) is 16.0. The fraction of sp³-hybridized carbons (Fsp3) is 0.862. The third-order valence-electron chi connectivity index (χ3n) is 11.4. The van der Waals surface area contributed by atoms with Crippen molar-refractivity contribution in [1.82, 2.24) is 0 Å². The average Bonchev–Trinajstić information content (AvgIpc) is 3.05. The summed E-state index contributed by atoms with van der Waals surface area (Å²) in [6.07, 6.45) is 14.8. The van der Waals surface area contributed by atoms with E-state index < -0.39 is 13.9 Å². The summed E-state index contributed by atoms with van der Waals surface area (Å²) in [5.74, 6) is 2.69. The smallest absolute Gasteiger partial charge is 0.192 e. The Bertz CT molecular complexity index is 775. The zero-order valence-electron chi connectivity index (χ0n) is 22.3. The molecule has 0 heterocycles. The van der Waals surface area contributed by atoms with Gasteiger partial charge in [0.2, 0.25) is 0 Å². The van der Waals surface area contributed by atoms with Crippen LogP contribution in [-0.2, 0) is 4.43 Å². The van der Waals surface area contributed by atoms with Gasteiger partial charge in [0.1, 0.15) is 0 Å². The van der Waals surface area contributed by atoms with Crippen LogP contribution in [0, 0.1) is 34.5 Å². The summed E-state index contributed by atoms with van der Waals surface area (Å²) < 4.78 is 6.88. The van der Waals surface area contributed by atoms with Crippen LogP contribution < -0.4 is 0 Å². The molecule has 4 aliphatic carbocycles. The number of hydrogen-bond acceptors (Lipinski definition) is 2. The van der Waals surface area contributed by atoms with Crippen LogP contribution in [0.4, 0.5) is 0 Å². The van der Waals surface area contributed by atoms with E-state index in [-0.39, 0.29) is 10.5 Å². The Hall–Kier alpha value is -0.383. The first-order valence-electron chi connectivity index (χ1n) is 13.4. The fourth-order valence-corrected chi connectivity index (χ4v) is 9.81. The molecule has 4 aliphatic rings. The van der Waals surface area contributed by atoms with Gasteiger partial charge in [0.25, 0.3) is 0 Å². The van der Waals surface area contributed by atoms with Crippen molar-refractivity contribution in [2.75, 3.05) is 0 Å². The Balaban J connectivity index is 1.54. The number of fused-ring (bicyclic) bond motifs is 5. The van der Waals surface area contributed by atoms with Gasteiger partial charge in [0.15, 0.2) is 8.32 Å². The van der Waals surface area contributed by atoms with E-state index in [1.54, 1.807) is 11.6 Å². The minimum absolute atomic E-state index is 0.253. The van der Waals surface area contributed by atoms with Crippen molar-refractivity contribution in [2.24, 2.45) is 34.5 Å². The van der Waals surface area contributed by atoms with Gasteiger partial charge in [-0.25, -0.2) is 0 Å². The van der Waals surface area contributed by atoms with Crippen molar-refractivity contribution >= 4 is 8.32 Å². The summed E-state index contributed by atoms with van der Waals surface area (Å²) in [5.41, 5.74) is 1.58. The summed E-state index contributed by atoms with van der Waals surface area (Å²) in [5, 5.41) is 11.4. The van der Waals surface area contributed by atoms with E-state index in [9.17, 15) is 5.11 Å². The summed E-state index contributed by atoms with van der Waals surface area (Å²) in [7, 11) is -1.72. The molecule has 3 fully saturated rings. The van der Waals surface area contributed by atoms with Crippen LogP contribution in [0.2, 0.25) is 18.1 Å². The molecule has 0 saturated heterocycles. The van der Waals surface area contributed by atoms with Gasteiger partial charge >= 0.3 is 0 Å². The second-order valence-corrected chi connectivity index (χ2v) is 18.9. The second-order valence-electron chi connectivity index (χ2n) is 14.1. The molecule has 0 aliphatic heterocycles. The normalized spacial score (nSPS) is 44.0. The van der Waals surface area contributed by atoms with Crippen molar-refractivity contribution in [3.8, 4) is 0 Å². The lowest BCUT2D eigenvalue weighted by Gasteiger charge is -2.59. The van der Waals surface area contributed by atoms with Crippen LogP contribution in [0.1, 0.15) is 92.9 Å². The maximum Gasteiger partial charge on any atom is 0.192 e. The van der Waals surface area contributed by atoms with Gasteiger partial charge in [-0.15, -0.1) is 6.58 Å². The first kappa shape index (κ1) is 24.7. The molecule has 1 N–H and O–H groups in total. The van der Waals surface area contributed by atoms with E-state index in [0.717, 1.165) is 30.6 Å². The van der Waals surface area contributed by atoms with Gasteiger partial charge in [0, 0.05) is 6.10 Å². The summed E-state index contributed by atoms with van der Waals surface area (Å²) >= 11 is 0. The monoisotopic (exact) mass is 458 g/mol. The highest BCUT2D eigenvalue weighted by Gasteiger charge is 2.61. The number of aliphatic hydroxyl groups is 1. The Kier molecular flexibility index (Phi) is 6.04. The standard InChI is InChI=1S/C29H50O2Si/c1-10-29(7,30)25-14-13-23-22-12-11-20-19-21(31-32(8,9)26(2,3)4)15-17-27(20,5)24(22)16-18-28(23,25)6/h10-11,21-25,30H,1,12-19H2,2-9H3/t21-,22-,23-,24-,25-,27-,28-,29+/m0/s1. The largest absolute Gasteiger partial charge is 0.414 e. The van der Waals surface area contributed by atoms with Crippen molar-refractivity contribution < 1.29 is 9.53 Å². The van der Waals surface area contributed by atoms with Crippen molar-refractivity contribution in [3.63, 3.8) is 0 Å².